The van der Waals surface area contributed by atoms with Crippen LogP contribution in [0.25, 0.3) is 6.08 Å². The van der Waals surface area contributed by atoms with E-state index >= 15 is 0 Å². The summed E-state index contributed by atoms with van der Waals surface area (Å²) in [6, 6.07) is 17.2. The smallest absolute Gasteiger partial charge is 0.407 e. The van der Waals surface area contributed by atoms with Crippen molar-refractivity contribution in [2.45, 2.75) is 13.0 Å². The second kappa shape index (κ2) is 10.1. The summed E-state index contributed by atoms with van der Waals surface area (Å²) in [5.41, 5.74) is 2.81. The molecule has 122 valence electrons. The summed E-state index contributed by atoms with van der Waals surface area (Å²) in [7, 11) is 0. The molecule has 0 radical (unpaired) electrons. The first-order chi connectivity index (χ1) is 11.8. The zero-order chi connectivity index (χ0) is 17.0. The first-order valence-corrected chi connectivity index (χ1v) is 7.98. The average molecular weight is 338 g/mol. The summed E-state index contributed by atoms with van der Waals surface area (Å²) >= 11 is 4.56. The highest BCUT2D eigenvalue weighted by molar-refractivity contribution is 7.78. The van der Waals surface area contributed by atoms with E-state index in [1.807, 2.05) is 66.7 Å². The predicted molar refractivity (Wildman–Crippen MR) is 99.4 cm³/mol. The molecule has 0 saturated heterocycles. The molecule has 2 aromatic rings. The largest absolute Gasteiger partial charge is 0.445 e. The molecule has 0 saturated carbocycles. The molecule has 5 heteroatoms. The molecule has 4 nitrogen and oxygen atoms in total. The molecule has 0 heterocycles. The van der Waals surface area contributed by atoms with Crippen LogP contribution in [-0.4, -0.2) is 17.8 Å². The zero-order valence-electron chi connectivity index (χ0n) is 13.1. The number of benzene rings is 2. The van der Waals surface area contributed by atoms with Crippen LogP contribution in [0, 0.1) is 0 Å². The lowest BCUT2D eigenvalue weighted by molar-refractivity contribution is 0.140. The third kappa shape index (κ3) is 6.57. The van der Waals surface area contributed by atoms with Gasteiger partial charge in [0.1, 0.15) is 6.61 Å². The van der Waals surface area contributed by atoms with Crippen molar-refractivity contribution in [1.29, 1.82) is 0 Å². The van der Waals surface area contributed by atoms with E-state index in [0.717, 1.165) is 23.2 Å². The minimum atomic E-state index is -0.408. The quantitative estimate of drug-likeness (QED) is 0.450. The van der Waals surface area contributed by atoms with Crippen molar-refractivity contribution < 1.29 is 9.53 Å². The first kappa shape index (κ1) is 17.6. The minimum Gasteiger partial charge on any atom is -0.445 e. The van der Waals surface area contributed by atoms with Gasteiger partial charge in [-0.15, -0.1) is 0 Å². The van der Waals surface area contributed by atoms with Crippen molar-refractivity contribution in [3.8, 4) is 0 Å². The van der Waals surface area contributed by atoms with E-state index in [4.69, 9.17) is 4.74 Å². The molecule has 0 unspecified atom stereocenters. The number of isothiocyanates is 1. The lowest BCUT2D eigenvalue weighted by Gasteiger charge is -2.05. The number of hydrogen-bond donors (Lipinski definition) is 1. The fourth-order valence-corrected chi connectivity index (χ4v) is 2.07. The van der Waals surface area contributed by atoms with Crippen LogP contribution < -0.4 is 5.32 Å². The van der Waals surface area contributed by atoms with E-state index in [-0.39, 0.29) is 6.61 Å². The highest BCUT2D eigenvalue weighted by Crippen LogP contribution is 2.13. The molecule has 1 amide bonds. The summed E-state index contributed by atoms with van der Waals surface area (Å²) < 4.78 is 5.13. The Morgan fingerprint density at radius 2 is 1.92 bits per heavy atom. The van der Waals surface area contributed by atoms with Crippen molar-refractivity contribution >= 4 is 35.2 Å². The number of hydrogen-bond acceptors (Lipinski definition) is 4. The molecule has 0 spiro atoms. The average Bonchev–Trinajstić information content (AvgIpc) is 2.62. The highest BCUT2D eigenvalue weighted by Gasteiger charge is 2.00. The van der Waals surface area contributed by atoms with Crippen LogP contribution in [0.2, 0.25) is 0 Å². The van der Waals surface area contributed by atoms with Gasteiger partial charge in [-0.05, 0) is 41.9 Å². The Kier molecular flexibility index (Phi) is 7.41. The van der Waals surface area contributed by atoms with Crippen molar-refractivity contribution in [3.63, 3.8) is 0 Å². The normalized spacial score (nSPS) is 10.2. The number of rotatable bonds is 7. The second-order valence-electron chi connectivity index (χ2n) is 4.97. The summed E-state index contributed by atoms with van der Waals surface area (Å²) in [5, 5.41) is 5.05. The summed E-state index contributed by atoms with van der Waals surface area (Å²) in [4.78, 5) is 15.5. The number of nitrogens with one attached hydrogen (secondary N) is 1. The maximum Gasteiger partial charge on any atom is 0.407 e. The van der Waals surface area contributed by atoms with E-state index < -0.39 is 6.09 Å². The fourth-order valence-electron chi connectivity index (χ4n) is 1.96. The van der Waals surface area contributed by atoms with Crippen LogP contribution in [0.3, 0.4) is 0 Å². The third-order valence-corrected chi connectivity index (χ3v) is 3.26. The van der Waals surface area contributed by atoms with Crippen LogP contribution >= 0.6 is 12.2 Å². The van der Waals surface area contributed by atoms with Gasteiger partial charge in [0.25, 0.3) is 0 Å². The van der Waals surface area contributed by atoms with E-state index in [9.17, 15) is 4.79 Å². The summed E-state index contributed by atoms with van der Waals surface area (Å²) in [6.07, 6.45) is 4.30. The Morgan fingerprint density at radius 3 is 2.62 bits per heavy atom. The number of aliphatic imine (C=N–C) groups is 1. The Bertz CT molecular complexity index is 721. The lowest BCUT2D eigenvalue weighted by Crippen LogP contribution is -2.24. The van der Waals surface area contributed by atoms with Gasteiger partial charge in [0.05, 0.1) is 10.8 Å². The van der Waals surface area contributed by atoms with Gasteiger partial charge in [-0.25, -0.2) is 4.79 Å². The number of ether oxygens (including phenoxy) is 1. The molecule has 0 fully saturated rings. The zero-order valence-corrected chi connectivity index (χ0v) is 14.0. The summed E-state index contributed by atoms with van der Waals surface area (Å²) in [5.74, 6) is 0. The Hall–Kier alpha value is -2.75. The Labute approximate surface area is 146 Å². The molecular weight excluding hydrogens is 320 g/mol. The van der Waals surface area contributed by atoms with Gasteiger partial charge in [0.2, 0.25) is 0 Å². The number of carbonyl (C=O) groups excluding carboxylic acids is 1. The molecule has 0 aromatic heterocycles. The SMILES string of the molecule is O=C(NCCC=Cc1ccc(N=C=S)cc1)OCc1ccccc1. The van der Waals surface area contributed by atoms with Crippen molar-refractivity contribution in [2.24, 2.45) is 4.99 Å². The minimum absolute atomic E-state index is 0.277. The van der Waals surface area contributed by atoms with Gasteiger partial charge in [-0.1, -0.05) is 54.6 Å². The van der Waals surface area contributed by atoms with Gasteiger partial charge in [-0.2, -0.15) is 4.99 Å². The number of thiocarbonyl (C=S) groups is 1. The maximum atomic E-state index is 11.6. The Balaban J connectivity index is 1.64. The second-order valence-corrected chi connectivity index (χ2v) is 5.16. The van der Waals surface area contributed by atoms with Crippen LogP contribution in [0.5, 0.6) is 0 Å². The van der Waals surface area contributed by atoms with Crippen LogP contribution in [0.15, 0.2) is 65.7 Å². The number of amides is 1. The van der Waals surface area contributed by atoms with Crippen molar-refractivity contribution in [2.75, 3.05) is 6.54 Å². The number of alkyl carbamates (subject to hydrolysis) is 1. The van der Waals surface area contributed by atoms with E-state index in [1.54, 1.807) is 0 Å². The molecule has 1 N–H and O–H groups in total. The monoisotopic (exact) mass is 338 g/mol. The molecule has 0 aliphatic rings. The topological polar surface area (TPSA) is 50.7 Å². The molecule has 0 bridgehead atoms. The first-order valence-electron chi connectivity index (χ1n) is 7.57. The molecule has 0 aliphatic heterocycles. The number of carbonyl (C=O) groups is 1. The predicted octanol–water partition coefficient (Wildman–Crippen LogP) is 4.75. The molecule has 2 aromatic carbocycles. The fraction of sp³-hybridized carbons (Fsp3) is 0.158. The van der Waals surface area contributed by atoms with Crippen molar-refractivity contribution in [3.05, 3.63) is 71.8 Å². The van der Waals surface area contributed by atoms with E-state index in [1.165, 1.54) is 0 Å². The van der Waals surface area contributed by atoms with Crippen LogP contribution in [0.1, 0.15) is 17.5 Å². The molecule has 24 heavy (non-hydrogen) atoms. The van der Waals surface area contributed by atoms with Crippen LogP contribution in [0.4, 0.5) is 10.5 Å². The van der Waals surface area contributed by atoms with Gasteiger partial charge in [-0.3, -0.25) is 0 Å². The maximum absolute atomic E-state index is 11.6. The Morgan fingerprint density at radius 1 is 1.17 bits per heavy atom. The standard InChI is InChI=1S/C19H18N2O2S/c22-19(23-14-17-7-2-1-3-8-17)20-13-5-4-6-16-9-11-18(12-10-16)21-15-24/h1-4,6-12H,5,13-14H2,(H,20,22). The highest BCUT2D eigenvalue weighted by atomic mass is 32.1. The molecular formula is C19H18N2O2S. The third-order valence-electron chi connectivity index (χ3n) is 3.17. The van der Waals surface area contributed by atoms with E-state index in [2.05, 4.69) is 27.7 Å². The van der Waals surface area contributed by atoms with Gasteiger partial charge in [0.15, 0.2) is 0 Å². The lowest BCUT2D eigenvalue weighted by atomic mass is 10.2. The van der Waals surface area contributed by atoms with Gasteiger partial charge in [0, 0.05) is 6.54 Å². The van der Waals surface area contributed by atoms with Gasteiger partial charge >= 0.3 is 6.09 Å². The molecule has 0 atom stereocenters. The van der Waals surface area contributed by atoms with Crippen LogP contribution in [-0.2, 0) is 11.3 Å². The van der Waals surface area contributed by atoms with E-state index in [0.29, 0.717) is 6.54 Å². The molecule has 2 rings (SSSR count). The summed E-state index contributed by atoms with van der Waals surface area (Å²) in [6.45, 7) is 0.802. The number of nitrogens with zero attached hydrogens (tertiary/aromatic N) is 1. The van der Waals surface area contributed by atoms with Gasteiger partial charge < -0.3 is 10.1 Å². The molecule has 0 aliphatic carbocycles. The van der Waals surface area contributed by atoms with Crippen molar-refractivity contribution in [1.82, 2.24) is 5.32 Å².